The van der Waals surface area contributed by atoms with Gasteiger partial charge in [-0.25, -0.2) is 4.98 Å². The molecular formula is C17H22N2O. The molecule has 106 valence electrons. The third kappa shape index (κ3) is 2.93. The van der Waals surface area contributed by atoms with Crippen LogP contribution in [0.2, 0.25) is 0 Å². The zero-order valence-electron chi connectivity index (χ0n) is 12.1. The maximum Gasteiger partial charge on any atom is 0.145 e. The molecule has 0 saturated heterocycles. The summed E-state index contributed by atoms with van der Waals surface area (Å²) >= 11 is 0. The van der Waals surface area contributed by atoms with E-state index in [4.69, 9.17) is 9.72 Å². The van der Waals surface area contributed by atoms with Crippen molar-refractivity contribution in [1.29, 1.82) is 0 Å². The van der Waals surface area contributed by atoms with Gasteiger partial charge in [-0.15, -0.1) is 0 Å². The molecule has 1 aliphatic rings. The topological polar surface area (TPSA) is 34.1 Å². The highest BCUT2D eigenvalue weighted by Crippen LogP contribution is 2.25. The quantitative estimate of drug-likeness (QED) is 0.902. The van der Waals surface area contributed by atoms with Gasteiger partial charge in [-0.3, -0.25) is 0 Å². The average Bonchev–Trinajstić information content (AvgIpc) is 3.00. The maximum absolute atomic E-state index is 5.39. The van der Waals surface area contributed by atoms with Gasteiger partial charge < -0.3 is 10.1 Å². The molecule has 2 aromatic rings. The van der Waals surface area contributed by atoms with Crippen LogP contribution in [0.5, 0.6) is 5.75 Å². The predicted octanol–water partition coefficient (Wildman–Crippen LogP) is 3.52. The second kappa shape index (κ2) is 6.23. The lowest BCUT2D eigenvalue weighted by molar-refractivity contribution is 0.418. The summed E-state index contributed by atoms with van der Waals surface area (Å²) < 4.78 is 5.39. The molecule has 0 bridgehead atoms. The third-order valence-corrected chi connectivity index (χ3v) is 4.17. The molecule has 1 aliphatic carbocycles. The standard InChI is InChI=1S/C17H22N2O/c1-20-16-8-4-7-14-9-10-15(19-17(14)16)12-18-11-13-5-2-3-6-13/h4,7-10,13,18H,2-3,5-6,11-12H2,1H3. The Morgan fingerprint density at radius 2 is 2.05 bits per heavy atom. The second-order valence-corrected chi connectivity index (χ2v) is 5.62. The van der Waals surface area contributed by atoms with E-state index in [1.807, 2.05) is 12.1 Å². The molecule has 0 spiro atoms. The molecule has 0 atom stereocenters. The van der Waals surface area contributed by atoms with E-state index >= 15 is 0 Å². The van der Waals surface area contributed by atoms with Crippen molar-refractivity contribution in [2.45, 2.75) is 32.2 Å². The summed E-state index contributed by atoms with van der Waals surface area (Å²) in [6.45, 7) is 1.95. The molecule has 0 unspecified atom stereocenters. The third-order valence-electron chi connectivity index (χ3n) is 4.17. The highest BCUT2D eigenvalue weighted by Gasteiger charge is 2.14. The monoisotopic (exact) mass is 270 g/mol. The van der Waals surface area contributed by atoms with E-state index in [1.165, 1.54) is 25.7 Å². The van der Waals surface area contributed by atoms with E-state index in [9.17, 15) is 0 Å². The van der Waals surface area contributed by atoms with E-state index in [0.29, 0.717) is 0 Å². The molecule has 1 saturated carbocycles. The van der Waals surface area contributed by atoms with Crippen molar-refractivity contribution in [2.24, 2.45) is 5.92 Å². The first-order valence-corrected chi connectivity index (χ1v) is 7.50. The summed E-state index contributed by atoms with van der Waals surface area (Å²) in [5.74, 6) is 1.71. The molecule has 3 heteroatoms. The lowest BCUT2D eigenvalue weighted by Crippen LogP contribution is -2.21. The molecule has 20 heavy (non-hydrogen) atoms. The molecule has 1 aromatic carbocycles. The van der Waals surface area contributed by atoms with Gasteiger partial charge in [0, 0.05) is 11.9 Å². The van der Waals surface area contributed by atoms with Gasteiger partial charge in [-0.2, -0.15) is 0 Å². The Morgan fingerprint density at radius 1 is 1.20 bits per heavy atom. The summed E-state index contributed by atoms with van der Waals surface area (Å²) in [6, 6.07) is 10.3. The molecule has 1 heterocycles. The Balaban J connectivity index is 1.68. The van der Waals surface area contributed by atoms with Gasteiger partial charge >= 0.3 is 0 Å². The summed E-state index contributed by atoms with van der Waals surface area (Å²) in [7, 11) is 1.70. The van der Waals surface area contributed by atoms with Crippen molar-refractivity contribution >= 4 is 10.9 Å². The van der Waals surface area contributed by atoms with Crippen molar-refractivity contribution in [3.05, 3.63) is 36.0 Å². The van der Waals surface area contributed by atoms with Crippen LogP contribution in [0, 0.1) is 5.92 Å². The Labute approximate surface area is 120 Å². The maximum atomic E-state index is 5.39. The van der Waals surface area contributed by atoms with Crippen LogP contribution in [0.25, 0.3) is 10.9 Å². The van der Waals surface area contributed by atoms with Crippen molar-refractivity contribution in [3.8, 4) is 5.75 Å². The minimum Gasteiger partial charge on any atom is -0.494 e. The van der Waals surface area contributed by atoms with Crippen LogP contribution in [0.15, 0.2) is 30.3 Å². The highest BCUT2D eigenvalue weighted by molar-refractivity contribution is 5.84. The number of ether oxygens (including phenoxy) is 1. The van der Waals surface area contributed by atoms with Gasteiger partial charge in [0.2, 0.25) is 0 Å². The number of pyridine rings is 1. The van der Waals surface area contributed by atoms with Crippen LogP contribution in [-0.2, 0) is 6.54 Å². The molecule has 3 nitrogen and oxygen atoms in total. The lowest BCUT2D eigenvalue weighted by atomic mass is 10.1. The average molecular weight is 270 g/mol. The molecule has 0 aliphatic heterocycles. The number of nitrogens with zero attached hydrogens (tertiary/aromatic N) is 1. The van der Waals surface area contributed by atoms with E-state index in [2.05, 4.69) is 23.5 Å². The largest absolute Gasteiger partial charge is 0.494 e. The summed E-state index contributed by atoms with van der Waals surface area (Å²) in [4.78, 5) is 4.72. The fraction of sp³-hybridized carbons (Fsp3) is 0.471. The summed E-state index contributed by atoms with van der Waals surface area (Å²) in [6.07, 6.45) is 5.56. The Bertz CT molecular complexity index is 576. The number of aromatic nitrogens is 1. The first-order chi connectivity index (χ1) is 9.86. The van der Waals surface area contributed by atoms with Crippen LogP contribution < -0.4 is 10.1 Å². The smallest absolute Gasteiger partial charge is 0.145 e. The van der Waals surface area contributed by atoms with Gasteiger partial charge in [0.05, 0.1) is 12.8 Å². The molecule has 0 amide bonds. The number of benzene rings is 1. The lowest BCUT2D eigenvalue weighted by Gasteiger charge is -2.11. The fourth-order valence-electron chi connectivity index (χ4n) is 3.04. The molecule has 1 fully saturated rings. The number of para-hydroxylation sites is 1. The zero-order valence-corrected chi connectivity index (χ0v) is 12.1. The first-order valence-electron chi connectivity index (χ1n) is 7.50. The van der Waals surface area contributed by atoms with Crippen LogP contribution in [0.3, 0.4) is 0 Å². The summed E-state index contributed by atoms with van der Waals surface area (Å²) in [5, 5.41) is 4.67. The van der Waals surface area contributed by atoms with E-state index < -0.39 is 0 Å². The van der Waals surface area contributed by atoms with Crippen LogP contribution in [0.4, 0.5) is 0 Å². The Kier molecular flexibility index (Phi) is 4.16. The molecular weight excluding hydrogens is 248 g/mol. The van der Waals surface area contributed by atoms with Gasteiger partial charge in [0.25, 0.3) is 0 Å². The first kappa shape index (κ1) is 13.4. The van der Waals surface area contributed by atoms with Crippen molar-refractivity contribution in [2.75, 3.05) is 13.7 Å². The van der Waals surface area contributed by atoms with E-state index in [1.54, 1.807) is 7.11 Å². The predicted molar refractivity (Wildman–Crippen MR) is 82.0 cm³/mol. The number of hydrogen-bond donors (Lipinski definition) is 1. The highest BCUT2D eigenvalue weighted by atomic mass is 16.5. The molecule has 0 radical (unpaired) electrons. The van der Waals surface area contributed by atoms with E-state index in [0.717, 1.165) is 41.4 Å². The Hall–Kier alpha value is -1.61. The van der Waals surface area contributed by atoms with E-state index in [-0.39, 0.29) is 0 Å². The van der Waals surface area contributed by atoms with Crippen LogP contribution in [-0.4, -0.2) is 18.6 Å². The number of rotatable bonds is 5. The number of nitrogens with one attached hydrogen (secondary N) is 1. The second-order valence-electron chi connectivity index (χ2n) is 5.62. The van der Waals surface area contributed by atoms with Gasteiger partial charge in [-0.05, 0) is 37.4 Å². The number of fused-ring (bicyclic) bond motifs is 1. The van der Waals surface area contributed by atoms with Crippen molar-refractivity contribution in [3.63, 3.8) is 0 Å². The fourth-order valence-corrected chi connectivity index (χ4v) is 3.04. The van der Waals surface area contributed by atoms with Gasteiger partial charge in [-0.1, -0.05) is 31.0 Å². The molecule has 1 aromatic heterocycles. The van der Waals surface area contributed by atoms with Crippen LogP contribution in [0.1, 0.15) is 31.4 Å². The number of hydrogen-bond acceptors (Lipinski definition) is 3. The minimum atomic E-state index is 0.838. The SMILES string of the molecule is COc1cccc2ccc(CNCC3CCCC3)nc12. The molecule has 1 N–H and O–H groups in total. The number of methoxy groups -OCH3 is 1. The zero-order chi connectivity index (χ0) is 13.8. The Morgan fingerprint density at radius 3 is 2.85 bits per heavy atom. The molecule has 3 rings (SSSR count). The van der Waals surface area contributed by atoms with Crippen LogP contribution >= 0.6 is 0 Å². The minimum absolute atomic E-state index is 0.838. The van der Waals surface area contributed by atoms with Crippen molar-refractivity contribution in [1.82, 2.24) is 10.3 Å². The van der Waals surface area contributed by atoms with Gasteiger partial charge in [0.1, 0.15) is 11.3 Å². The normalized spacial score (nSPS) is 15.8. The van der Waals surface area contributed by atoms with Crippen molar-refractivity contribution < 1.29 is 4.74 Å². The summed E-state index contributed by atoms with van der Waals surface area (Å²) in [5.41, 5.74) is 2.04. The van der Waals surface area contributed by atoms with Gasteiger partial charge in [0.15, 0.2) is 0 Å².